The molecule has 0 amide bonds. The van der Waals surface area contributed by atoms with Crippen LogP contribution >= 0.6 is 51.2 Å². The van der Waals surface area contributed by atoms with Crippen LogP contribution in [0.4, 0.5) is 13.2 Å². The molecule has 0 heterocycles. The molecular formula is C15H14Br2F3O3PS. The Morgan fingerprint density at radius 3 is 2.52 bits per heavy atom. The molecule has 25 heavy (non-hydrogen) atoms. The zero-order chi connectivity index (χ0) is 19.0. The SMILES string of the molecule is C[C@]1(C(F)(F)P(=O)(O)O)CC=C(SCc2ccc(Br)cc2F)C=C1Br. The van der Waals surface area contributed by atoms with Crippen molar-refractivity contribution in [2.45, 2.75) is 24.8 Å². The molecule has 0 saturated heterocycles. The lowest BCUT2D eigenvalue weighted by Crippen LogP contribution is -2.39. The molecule has 138 valence electrons. The summed E-state index contributed by atoms with van der Waals surface area (Å²) < 4.78 is 54.0. The van der Waals surface area contributed by atoms with Crippen LogP contribution in [0.2, 0.25) is 0 Å². The fourth-order valence-corrected chi connectivity index (χ4v) is 5.34. The summed E-state index contributed by atoms with van der Waals surface area (Å²) in [6.07, 6.45) is 2.62. The lowest BCUT2D eigenvalue weighted by Gasteiger charge is -2.38. The first-order chi connectivity index (χ1) is 11.4. The highest BCUT2D eigenvalue weighted by Gasteiger charge is 2.63. The van der Waals surface area contributed by atoms with Gasteiger partial charge >= 0.3 is 13.3 Å². The quantitative estimate of drug-likeness (QED) is 0.455. The summed E-state index contributed by atoms with van der Waals surface area (Å²) in [7, 11) is -5.63. The summed E-state index contributed by atoms with van der Waals surface area (Å²) in [5, 5.41) is 0. The number of halogens is 5. The standard InChI is InChI=1S/C15H14Br2F3O3PS/c1-14(15(19,20)24(21,22)23)5-4-11(7-13(14)17)25-8-9-2-3-10(16)6-12(9)18/h2-4,6-7H,5,8H2,1H3,(H2,21,22,23)/t14-/m0/s1. The van der Waals surface area contributed by atoms with Crippen LogP contribution in [0.25, 0.3) is 0 Å². The average Bonchev–Trinajstić information content (AvgIpc) is 2.48. The monoisotopic (exact) mass is 520 g/mol. The number of hydrogen-bond acceptors (Lipinski definition) is 2. The lowest BCUT2D eigenvalue weighted by atomic mass is 9.83. The van der Waals surface area contributed by atoms with Crippen LogP contribution in [0.5, 0.6) is 0 Å². The Kier molecular flexibility index (Phi) is 6.39. The van der Waals surface area contributed by atoms with E-state index in [-0.39, 0.29) is 16.7 Å². The van der Waals surface area contributed by atoms with Crippen LogP contribution in [0, 0.1) is 11.2 Å². The van der Waals surface area contributed by atoms with E-state index in [1.165, 1.54) is 30.0 Å². The first kappa shape index (κ1) is 21.3. The number of benzene rings is 1. The summed E-state index contributed by atoms with van der Waals surface area (Å²) in [5.41, 5.74) is -5.79. The molecule has 1 atom stereocenters. The van der Waals surface area contributed by atoms with Crippen LogP contribution < -0.4 is 0 Å². The van der Waals surface area contributed by atoms with Crippen LogP contribution in [0.3, 0.4) is 0 Å². The minimum absolute atomic E-state index is 0.00500. The van der Waals surface area contributed by atoms with Gasteiger partial charge in [0.2, 0.25) is 0 Å². The van der Waals surface area contributed by atoms with Gasteiger partial charge < -0.3 is 9.79 Å². The van der Waals surface area contributed by atoms with Crippen molar-refractivity contribution < 1.29 is 27.5 Å². The normalized spacial score (nSPS) is 21.8. The Hall–Kier alpha value is -0.0500. The first-order valence-corrected chi connectivity index (χ1v) is 11.1. The molecule has 0 fully saturated rings. The smallest absolute Gasteiger partial charge is 0.320 e. The zero-order valence-electron chi connectivity index (χ0n) is 12.8. The maximum absolute atomic E-state index is 14.2. The van der Waals surface area contributed by atoms with Gasteiger partial charge in [-0.05, 0) is 37.1 Å². The summed E-state index contributed by atoms with van der Waals surface area (Å²) in [5.74, 6) is -0.0768. The minimum atomic E-state index is -5.63. The molecule has 1 aromatic carbocycles. The second kappa shape index (κ2) is 7.52. The molecule has 1 aromatic rings. The molecule has 0 aromatic heterocycles. The summed E-state index contributed by atoms with van der Waals surface area (Å²) >= 11 is 7.46. The predicted molar refractivity (Wildman–Crippen MR) is 100 cm³/mol. The fraction of sp³-hybridized carbons (Fsp3) is 0.333. The van der Waals surface area contributed by atoms with E-state index in [2.05, 4.69) is 31.9 Å². The first-order valence-electron chi connectivity index (χ1n) is 6.96. The highest BCUT2D eigenvalue weighted by atomic mass is 79.9. The molecule has 0 spiro atoms. The Labute approximate surface area is 164 Å². The van der Waals surface area contributed by atoms with Crippen molar-refractivity contribution >= 4 is 51.2 Å². The van der Waals surface area contributed by atoms with Gasteiger partial charge in [-0.15, -0.1) is 11.8 Å². The van der Waals surface area contributed by atoms with Crippen molar-refractivity contribution in [3.05, 3.63) is 55.6 Å². The van der Waals surface area contributed by atoms with Crippen LogP contribution in [-0.2, 0) is 10.3 Å². The van der Waals surface area contributed by atoms with Crippen molar-refractivity contribution in [2.75, 3.05) is 0 Å². The Balaban J connectivity index is 2.16. The second-order valence-corrected chi connectivity index (χ2v) is 10.2. The van der Waals surface area contributed by atoms with Gasteiger partial charge in [0.25, 0.3) is 0 Å². The molecule has 1 aliphatic carbocycles. The molecule has 0 unspecified atom stereocenters. The van der Waals surface area contributed by atoms with Gasteiger partial charge in [-0.1, -0.05) is 44.0 Å². The maximum Gasteiger partial charge on any atom is 0.395 e. The highest BCUT2D eigenvalue weighted by Crippen LogP contribution is 2.66. The Morgan fingerprint density at radius 2 is 2.00 bits per heavy atom. The zero-order valence-corrected chi connectivity index (χ0v) is 17.7. The molecule has 10 heteroatoms. The third-order valence-electron chi connectivity index (χ3n) is 3.95. The van der Waals surface area contributed by atoms with E-state index in [4.69, 9.17) is 9.79 Å². The maximum atomic E-state index is 14.2. The number of hydrogen-bond donors (Lipinski definition) is 2. The van der Waals surface area contributed by atoms with E-state index < -0.39 is 18.7 Å². The topological polar surface area (TPSA) is 57.5 Å². The van der Waals surface area contributed by atoms with E-state index in [9.17, 15) is 17.7 Å². The number of rotatable bonds is 5. The van der Waals surface area contributed by atoms with E-state index in [0.29, 0.717) is 20.7 Å². The largest absolute Gasteiger partial charge is 0.395 e. The lowest BCUT2D eigenvalue weighted by molar-refractivity contribution is -0.0328. The minimum Gasteiger partial charge on any atom is -0.320 e. The van der Waals surface area contributed by atoms with Crippen molar-refractivity contribution in [3.8, 4) is 0 Å². The van der Waals surface area contributed by atoms with Gasteiger partial charge in [0.05, 0.1) is 5.41 Å². The number of alkyl halides is 2. The molecule has 2 N–H and O–H groups in total. The molecule has 0 bridgehead atoms. The molecular weight excluding hydrogens is 508 g/mol. The third kappa shape index (κ3) is 4.28. The van der Waals surface area contributed by atoms with E-state index in [1.54, 1.807) is 12.1 Å². The van der Waals surface area contributed by atoms with Gasteiger partial charge in [0, 0.05) is 19.6 Å². The summed E-state index contributed by atoms with van der Waals surface area (Å²) in [6, 6.07) is 4.67. The number of allylic oxidation sites excluding steroid dienone is 3. The Bertz CT molecular complexity index is 794. The average molecular weight is 522 g/mol. The van der Waals surface area contributed by atoms with E-state index in [1.807, 2.05) is 0 Å². The highest BCUT2D eigenvalue weighted by molar-refractivity contribution is 9.11. The summed E-state index contributed by atoms with van der Waals surface area (Å²) in [6.45, 7) is 1.10. The van der Waals surface area contributed by atoms with Gasteiger partial charge in [-0.25, -0.2) is 4.39 Å². The van der Waals surface area contributed by atoms with Crippen molar-refractivity contribution in [1.29, 1.82) is 0 Å². The number of thioether (sulfide) groups is 1. The molecule has 0 aliphatic heterocycles. The van der Waals surface area contributed by atoms with E-state index in [0.717, 1.165) is 6.92 Å². The van der Waals surface area contributed by atoms with Crippen molar-refractivity contribution in [2.24, 2.45) is 5.41 Å². The van der Waals surface area contributed by atoms with Gasteiger partial charge in [-0.3, -0.25) is 4.57 Å². The molecule has 1 aliphatic rings. The van der Waals surface area contributed by atoms with Gasteiger partial charge in [0.1, 0.15) is 5.82 Å². The van der Waals surface area contributed by atoms with Gasteiger partial charge in [-0.2, -0.15) is 8.78 Å². The molecule has 0 saturated carbocycles. The van der Waals surface area contributed by atoms with Crippen LogP contribution in [-0.4, -0.2) is 15.5 Å². The van der Waals surface area contributed by atoms with E-state index >= 15 is 0 Å². The third-order valence-corrected chi connectivity index (χ3v) is 7.84. The van der Waals surface area contributed by atoms with Crippen LogP contribution in [0.1, 0.15) is 18.9 Å². The van der Waals surface area contributed by atoms with Crippen molar-refractivity contribution in [1.82, 2.24) is 0 Å². The summed E-state index contributed by atoms with van der Waals surface area (Å²) in [4.78, 5) is 18.6. The van der Waals surface area contributed by atoms with Crippen LogP contribution in [0.15, 0.2) is 44.2 Å². The fourth-order valence-electron chi connectivity index (χ4n) is 2.23. The van der Waals surface area contributed by atoms with Gasteiger partial charge in [0.15, 0.2) is 0 Å². The second-order valence-electron chi connectivity index (χ2n) is 5.74. The predicted octanol–water partition coefficient (Wildman–Crippen LogP) is 6.16. The molecule has 2 rings (SSSR count). The molecule has 0 radical (unpaired) electrons. The van der Waals surface area contributed by atoms with Crippen molar-refractivity contribution in [3.63, 3.8) is 0 Å². The Morgan fingerprint density at radius 1 is 1.36 bits per heavy atom. The molecule has 3 nitrogen and oxygen atoms in total.